The van der Waals surface area contributed by atoms with E-state index in [4.69, 9.17) is 0 Å². The van der Waals surface area contributed by atoms with Crippen LogP contribution in [0.2, 0.25) is 0 Å². The molecule has 1 aliphatic carbocycles. The SMILES string of the molecule is O=C(N[C@H]1CCCN(S(=O)(=O)c2cccc3ccccc23)C1)C1CCCCC1. The number of rotatable bonds is 4. The second-order valence-electron chi connectivity index (χ2n) is 8.02. The molecule has 28 heavy (non-hydrogen) atoms. The third kappa shape index (κ3) is 3.94. The summed E-state index contributed by atoms with van der Waals surface area (Å²) < 4.78 is 28.2. The highest BCUT2D eigenvalue weighted by atomic mass is 32.2. The summed E-state index contributed by atoms with van der Waals surface area (Å²) >= 11 is 0. The summed E-state index contributed by atoms with van der Waals surface area (Å²) in [7, 11) is -3.60. The van der Waals surface area contributed by atoms with Gasteiger partial charge in [0.1, 0.15) is 0 Å². The molecule has 0 radical (unpaired) electrons. The Morgan fingerprint density at radius 3 is 2.50 bits per heavy atom. The third-order valence-corrected chi connectivity index (χ3v) is 8.00. The molecule has 6 heteroatoms. The van der Waals surface area contributed by atoms with Gasteiger partial charge in [0.25, 0.3) is 0 Å². The third-order valence-electron chi connectivity index (χ3n) is 6.07. The summed E-state index contributed by atoms with van der Waals surface area (Å²) in [6.07, 6.45) is 6.95. The number of benzene rings is 2. The fraction of sp³-hybridized carbons (Fsp3) is 0.500. The van der Waals surface area contributed by atoms with Crippen LogP contribution in [0.15, 0.2) is 47.4 Å². The van der Waals surface area contributed by atoms with Crippen molar-refractivity contribution in [3.8, 4) is 0 Å². The second-order valence-corrected chi connectivity index (χ2v) is 9.93. The van der Waals surface area contributed by atoms with Crippen molar-refractivity contribution in [3.05, 3.63) is 42.5 Å². The summed E-state index contributed by atoms with van der Waals surface area (Å²) in [4.78, 5) is 12.9. The molecule has 2 fully saturated rings. The Morgan fingerprint density at radius 1 is 0.929 bits per heavy atom. The van der Waals surface area contributed by atoms with Gasteiger partial charge in [-0.05, 0) is 37.1 Å². The normalized spacial score (nSPS) is 22.2. The molecule has 5 nitrogen and oxygen atoms in total. The van der Waals surface area contributed by atoms with Crippen LogP contribution in [0.25, 0.3) is 10.8 Å². The van der Waals surface area contributed by atoms with Crippen LogP contribution < -0.4 is 5.32 Å². The Labute approximate surface area is 167 Å². The first-order chi connectivity index (χ1) is 13.6. The summed E-state index contributed by atoms with van der Waals surface area (Å²) in [6, 6.07) is 12.9. The van der Waals surface area contributed by atoms with E-state index in [0.717, 1.165) is 49.3 Å². The maximum atomic E-state index is 13.3. The van der Waals surface area contributed by atoms with Crippen molar-refractivity contribution in [3.63, 3.8) is 0 Å². The highest BCUT2D eigenvalue weighted by Crippen LogP contribution is 2.28. The highest BCUT2D eigenvalue weighted by molar-refractivity contribution is 7.89. The number of piperidine rings is 1. The van der Waals surface area contributed by atoms with Crippen molar-refractivity contribution in [2.75, 3.05) is 13.1 Å². The summed E-state index contributed by atoms with van der Waals surface area (Å²) in [6.45, 7) is 0.853. The van der Waals surface area contributed by atoms with Crippen molar-refractivity contribution >= 4 is 26.7 Å². The molecule has 0 unspecified atom stereocenters. The Hall–Kier alpha value is -1.92. The standard InChI is InChI=1S/C22H28N2O3S/c25-22(18-9-2-1-3-10-18)23-19-12-7-15-24(16-19)28(26,27)21-14-6-11-17-8-4-5-13-20(17)21/h4-6,8,11,13-14,18-19H,1-3,7,9-10,12,15-16H2,(H,23,25)/t19-/m0/s1. The molecule has 1 saturated heterocycles. The average molecular weight is 401 g/mol. The van der Waals surface area contributed by atoms with E-state index in [0.29, 0.717) is 18.0 Å². The van der Waals surface area contributed by atoms with Gasteiger partial charge in [-0.3, -0.25) is 4.79 Å². The molecule has 150 valence electrons. The number of nitrogens with one attached hydrogen (secondary N) is 1. The predicted molar refractivity (Wildman–Crippen MR) is 110 cm³/mol. The molecular weight excluding hydrogens is 372 g/mol. The minimum Gasteiger partial charge on any atom is -0.352 e. The van der Waals surface area contributed by atoms with Gasteiger partial charge in [-0.2, -0.15) is 4.31 Å². The van der Waals surface area contributed by atoms with E-state index in [-0.39, 0.29) is 17.9 Å². The van der Waals surface area contributed by atoms with Gasteiger partial charge in [0.05, 0.1) is 4.90 Å². The van der Waals surface area contributed by atoms with Crippen LogP contribution in [0, 0.1) is 5.92 Å². The van der Waals surface area contributed by atoms with E-state index in [1.54, 1.807) is 16.4 Å². The van der Waals surface area contributed by atoms with Crippen LogP contribution in [0.4, 0.5) is 0 Å². The molecule has 1 saturated carbocycles. The van der Waals surface area contributed by atoms with Gasteiger partial charge in [0, 0.05) is 30.4 Å². The Balaban J connectivity index is 1.51. The number of carbonyl (C=O) groups is 1. The lowest BCUT2D eigenvalue weighted by molar-refractivity contribution is -0.126. The minimum absolute atomic E-state index is 0.0961. The van der Waals surface area contributed by atoms with Gasteiger partial charge in [-0.25, -0.2) is 8.42 Å². The van der Waals surface area contributed by atoms with Crippen LogP contribution in [-0.2, 0) is 14.8 Å². The molecule has 1 amide bonds. The zero-order valence-electron chi connectivity index (χ0n) is 16.1. The Kier molecular flexibility index (Phi) is 5.69. The van der Waals surface area contributed by atoms with E-state index < -0.39 is 10.0 Å². The van der Waals surface area contributed by atoms with Crippen molar-refractivity contribution in [2.24, 2.45) is 5.92 Å². The van der Waals surface area contributed by atoms with Gasteiger partial charge >= 0.3 is 0 Å². The summed E-state index contributed by atoms with van der Waals surface area (Å²) in [5.41, 5.74) is 0. The van der Waals surface area contributed by atoms with Crippen molar-refractivity contribution < 1.29 is 13.2 Å². The lowest BCUT2D eigenvalue weighted by Crippen LogP contribution is -2.50. The van der Waals surface area contributed by atoms with Crippen LogP contribution in [0.3, 0.4) is 0 Å². The number of carbonyl (C=O) groups excluding carboxylic acids is 1. The molecule has 1 aliphatic heterocycles. The van der Waals surface area contributed by atoms with Gasteiger partial charge < -0.3 is 5.32 Å². The van der Waals surface area contributed by atoms with E-state index in [2.05, 4.69) is 5.32 Å². The fourth-order valence-electron chi connectivity index (χ4n) is 4.52. The minimum atomic E-state index is -3.60. The first kappa shape index (κ1) is 19.4. The molecule has 2 aliphatic rings. The lowest BCUT2D eigenvalue weighted by Gasteiger charge is -2.33. The molecule has 2 aromatic carbocycles. The highest BCUT2D eigenvalue weighted by Gasteiger charge is 2.33. The van der Waals surface area contributed by atoms with E-state index >= 15 is 0 Å². The molecule has 0 spiro atoms. The van der Waals surface area contributed by atoms with Crippen LogP contribution in [0.1, 0.15) is 44.9 Å². The number of hydrogen-bond acceptors (Lipinski definition) is 3. The number of amides is 1. The number of fused-ring (bicyclic) bond motifs is 1. The summed E-state index contributed by atoms with van der Waals surface area (Å²) in [5.74, 6) is 0.202. The van der Waals surface area contributed by atoms with Gasteiger partial charge in [-0.1, -0.05) is 55.7 Å². The lowest BCUT2D eigenvalue weighted by atomic mass is 9.88. The fourth-order valence-corrected chi connectivity index (χ4v) is 6.26. The van der Waals surface area contributed by atoms with E-state index in [9.17, 15) is 13.2 Å². The van der Waals surface area contributed by atoms with Crippen molar-refractivity contribution in [1.29, 1.82) is 0 Å². The average Bonchev–Trinajstić information content (AvgIpc) is 2.74. The first-order valence-corrected chi connectivity index (χ1v) is 11.8. The molecule has 4 rings (SSSR count). The topological polar surface area (TPSA) is 66.5 Å². The largest absolute Gasteiger partial charge is 0.352 e. The first-order valence-electron chi connectivity index (χ1n) is 10.3. The van der Waals surface area contributed by atoms with Crippen LogP contribution in [0.5, 0.6) is 0 Å². The number of hydrogen-bond donors (Lipinski definition) is 1. The van der Waals surface area contributed by atoms with E-state index in [1.165, 1.54) is 6.42 Å². The van der Waals surface area contributed by atoms with Gasteiger partial charge in [-0.15, -0.1) is 0 Å². The molecule has 1 atom stereocenters. The molecule has 1 N–H and O–H groups in total. The van der Waals surface area contributed by atoms with Crippen molar-refractivity contribution in [2.45, 2.75) is 55.9 Å². The molecule has 2 aromatic rings. The monoisotopic (exact) mass is 400 g/mol. The van der Waals surface area contributed by atoms with Gasteiger partial charge in [0.2, 0.25) is 15.9 Å². The van der Waals surface area contributed by atoms with Gasteiger partial charge in [0.15, 0.2) is 0 Å². The predicted octanol–water partition coefficient (Wildman–Crippen LogP) is 3.69. The Morgan fingerprint density at radius 2 is 1.68 bits per heavy atom. The zero-order chi connectivity index (χ0) is 19.6. The van der Waals surface area contributed by atoms with Crippen LogP contribution in [-0.4, -0.2) is 37.8 Å². The smallest absolute Gasteiger partial charge is 0.243 e. The number of nitrogens with zero attached hydrogens (tertiary/aromatic N) is 1. The molecule has 0 aromatic heterocycles. The number of sulfonamides is 1. The van der Waals surface area contributed by atoms with E-state index in [1.807, 2.05) is 30.3 Å². The summed E-state index contributed by atoms with van der Waals surface area (Å²) in [5, 5.41) is 4.80. The maximum Gasteiger partial charge on any atom is 0.243 e. The zero-order valence-corrected chi connectivity index (χ0v) is 17.0. The quantitative estimate of drug-likeness (QED) is 0.851. The molecule has 0 bridgehead atoms. The Bertz CT molecular complexity index is 946. The molecule has 1 heterocycles. The maximum absolute atomic E-state index is 13.3. The second kappa shape index (κ2) is 8.21. The molecular formula is C22H28N2O3S. The van der Waals surface area contributed by atoms with Crippen LogP contribution >= 0.6 is 0 Å². The van der Waals surface area contributed by atoms with Crippen molar-refractivity contribution in [1.82, 2.24) is 9.62 Å².